The Kier molecular flexibility index (Phi) is 4.57. The maximum absolute atomic E-state index is 12.8. The fourth-order valence-corrected chi connectivity index (χ4v) is 5.90. The van der Waals surface area contributed by atoms with Crippen LogP contribution < -0.4 is 5.32 Å². The second-order valence-corrected chi connectivity index (χ2v) is 7.94. The normalized spacial score (nSPS) is 28.2. The Labute approximate surface area is 124 Å². The SMILES string of the molecule is CNC1c2ccccc2CCC1S(=O)CC1CCCC1. The number of fused-ring (bicyclic) bond motifs is 1. The highest BCUT2D eigenvalue weighted by atomic mass is 32.2. The molecule has 0 radical (unpaired) electrons. The summed E-state index contributed by atoms with van der Waals surface area (Å²) in [5.41, 5.74) is 2.80. The van der Waals surface area contributed by atoms with Crippen molar-refractivity contribution in [2.45, 2.75) is 49.8 Å². The van der Waals surface area contributed by atoms with Crippen LogP contribution in [-0.4, -0.2) is 22.3 Å². The molecule has 0 aromatic heterocycles. The molecule has 1 aromatic carbocycles. The van der Waals surface area contributed by atoms with Gasteiger partial charge in [0.05, 0.1) is 5.25 Å². The van der Waals surface area contributed by atoms with Crippen molar-refractivity contribution >= 4 is 10.8 Å². The fraction of sp³-hybridized carbons (Fsp3) is 0.647. The zero-order valence-corrected chi connectivity index (χ0v) is 13.1. The Morgan fingerprint density at radius 2 is 1.95 bits per heavy atom. The average molecular weight is 291 g/mol. The van der Waals surface area contributed by atoms with Gasteiger partial charge in [0.25, 0.3) is 0 Å². The van der Waals surface area contributed by atoms with Gasteiger partial charge in [-0.15, -0.1) is 0 Å². The largest absolute Gasteiger partial charge is 0.312 e. The summed E-state index contributed by atoms with van der Waals surface area (Å²) in [6.45, 7) is 0. The molecule has 1 fully saturated rings. The lowest BCUT2D eigenvalue weighted by atomic mass is 9.87. The van der Waals surface area contributed by atoms with Gasteiger partial charge in [-0.05, 0) is 49.8 Å². The molecule has 0 spiro atoms. The summed E-state index contributed by atoms with van der Waals surface area (Å²) in [5, 5.41) is 3.71. The highest BCUT2D eigenvalue weighted by Crippen LogP contribution is 2.34. The van der Waals surface area contributed by atoms with Crippen molar-refractivity contribution in [1.82, 2.24) is 5.32 Å². The van der Waals surface area contributed by atoms with E-state index in [1.54, 1.807) is 0 Å². The van der Waals surface area contributed by atoms with Crippen LogP contribution in [0.25, 0.3) is 0 Å². The van der Waals surface area contributed by atoms with E-state index >= 15 is 0 Å². The van der Waals surface area contributed by atoms with Crippen molar-refractivity contribution < 1.29 is 4.21 Å². The van der Waals surface area contributed by atoms with Gasteiger partial charge in [-0.3, -0.25) is 4.21 Å². The Morgan fingerprint density at radius 3 is 2.70 bits per heavy atom. The number of rotatable bonds is 4. The summed E-state index contributed by atoms with van der Waals surface area (Å²) < 4.78 is 12.8. The summed E-state index contributed by atoms with van der Waals surface area (Å²) >= 11 is 0. The van der Waals surface area contributed by atoms with E-state index in [4.69, 9.17) is 0 Å². The van der Waals surface area contributed by atoms with Gasteiger partial charge < -0.3 is 5.32 Å². The van der Waals surface area contributed by atoms with Gasteiger partial charge in [-0.25, -0.2) is 0 Å². The Morgan fingerprint density at radius 1 is 1.20 bits per heavy atom. The molecule has 3 unspecified atom stereocenters. The Bertz CT molecular complexity index is 482. The average Bonchev–Trinajstić information content (AvgIpc) is 2.98. The van der Waals surface area contributed by atoms with Gasteiger partial charge in [-0.1, -0.05) is 37.1 Å². The van der Waals surface area contributed by atoms with Crippen molar-refractivity contribution in [2.24, 2.45) is 5.92 Å². The number of nitrogens with one attached hydrogen (secondary N) is 1. The number of hydrogen-bond acceptors (Lipinski definition) is 2. The predicted molar refractivity (Wildman–Crippen MR) is 85.3 cm³/mol. The van der Waals surface area contributed by atoms with Crippen LogP contribution in [0.3, 0.4) is 0 Å². The third-order valence-electron chi connectivity index (χ3n) is 4.98. The maximum Gasteiger partial charge on any atom is 0.0546 e. The molecule has 1 N–H and O–H groups in total. The lowest BCUT2D eigenvalue weighted by Gasteiger charge is -2.33. The van der Waals surface area contributed by atoms with Gasteiger partial charge in [0.1, 0.15) is 0 Å². The molecule has 0 saturated heterocycles. The molecule has 0 aliphatic heterocycles. The first-order chi connectivity index (χ1) is 9.79. The molecule has 0 heterocycles. The standard InChI is InChI=1S/C17H25NOS/c1-18-17-15-9-5-4-8-14(15)10-11-16(17)20(19)12-13-6-2-3-7-13/h4-5,8-9,13,16-18H,2-3,6-7,10-12H2,1H3. The molecule has 3 atom stereocenters. The van der Waals surface area contributed by atoms with Crippen molar-refractivity contribution in [3.8, 4) is 0 Å². The van der Waals surface area contributed by atoms with Gasteiger partial charge in [-0.2, -0.15) is 0 Å². The highest BCUT2D eigenvalue weighted by Gasteiger charge is 2.33. The van der Waals surface area contributed by atoms with Gasteiger partial charge in [0.15, 0.2) is 0 Å². The summed E-state index contributed by atoms with van der Waals surface area (Å²) in [7, 11) is 1.31. The van der Waals surface area contributed by atoms with Crippen LogP contribution in [0.1, 0.15) is 49.3 Å². The molecule has 1 aromatic rings. The predicted octanol–water partition coefficient (Wildman–Crippen LogP) is 3.20. The zero-order chi connectivity index (χ0) is 13.9. The van der Waals surface area contributed by atoms with Crippen LogP contribution in [0.5, 0.6) is 0 Å². The van der Waals surface area contributed by atoms with Crippen LogP contribution in [0.4, 0.5) is 0 Å². The minimum absolute atomic E-state index is 0.266. The van der Waals surface area contributed by atoms with Gasteiger partial charge >= 0.3 is 0 Å². The van der Waals surface area contributed by atoms with Gasteiger partial charge in [0, 0.05) is 22.6 Å². The van der Waals surface area contributed by atoms with E-state index in [0.29, 0.717) is 5.92 Å². The molecule has 3 rings (SSSR count). The lowest BCUT2D eigenvalue weighted by Crippen LogP contribution is -2.38. The van der Waals surface area contributed by atoms with E-state index in [1.807, 2.05) is 7.05 Å². The van der Waals surface area contributed by atoms with Crippen LogP contribution in [0.2, 0.25) is 0 Å². The van der Waals surface area contributed by atoms with E-state index < -0.39 is 10.8 Å². The molecule has 20 heavy (non-hydrogen) atoms. The third-order valence-corrected chi connectivity index (χ3v) is 6.97. The molecule has 1 saturated carbocycles. The Hall–Kier alpha value is -0.670. The molecule has 2 aliphatic carbocycles. The second-order valence-electron chi connectivity index (χ2n) is 6.24. The third kappa shape index (κ3) is 2.84. The van der Waals surface area contributed by atoms with Gasteiger partial charge in [0.2, 0.25) is 0 Å². The molecule has 2 aliphatic rings. The van der Waals surface area contributed by atoms with Crippen LogP contribution in [0, 0.1) is 5.92 Å². The van der Waals surface area contributed by atoms with E-state index in [9.17, 15) is 4.21 Å². The molecule has 3 heteroatoms. The number of benzene rings is 1. The van der Waals surface area contributed by atoms with Crippen LogP contribution in [-0.2, 0) is 17.2 Å². The summed E-state index contributed by atoms with van der Waals surface area (Å²) in [6, 6.07) is 8.90. The molecule has 110 valence electrons. The van der Waals surface area contributed by atoms with Crippen molar-refractivity contribution in [3.05, 3.63) is 35.4 Å². The van der Waals surface area contributed by atoms with Crippen molar-refractivity contribution in [1.29, 1.82) is 0 Å². The first kappa shape index (κ1) is 14.3. The monoisotopic (exact) mass is 291 g/mol. The maximum atomic E-state index is 12.8. The summed E-state index contributed by atoms with van der Waals surface area (Å²) in [6.07, 6.45) is 7.39. The smallest absolute Gasteiger partial charge is 0.0546 e. The molecule has 0 amide bonds. The topological polar surface area (TPSA) is 29.1 Å². The van der Waals surface area contributed by atoms with Crippen molar-refractivity contribution in [2.75, 3.05) is 12.8 Å². The fourth-order valence-electron chi connectivity index (χ4n) is 3.89. The number of aryl methyl sites for hydroxylation is 1. The summed E-state index contributed by atoms with van der Waals surface area (Å²) in [4.78, 5) is 0. The van der Waals surface area contributed by atoms with Crippen LogP contribution in [0.15, 0.2) is 24.3 Å². The molecular weight excluding hydrogens is 266 g/mol. The highest BCUT2D eigenvalue weighted by molar-refractivity contribution is 7.85. The first-order valence-electron chi connectivity index (χ1n) is 7.92. The Balaban J connectivity index is 1.75. The van der Waals surface area contributed by atoms with Crippen LogP contribution >= 0.6 is 0 Å². The lowest BCUT2D eigenvalue weighted by molar-refractivity contribution is 0.493. The van der Waals surface area contributed by atoms with E-state index in [2.05, 4.69) is 29.6 Å². The van der Waals surface area contributed by atoms with E-state index in [1.165, 1.54) is 36.8 Å². The number of hydrogen-bond donors (Lipinski definition) is 1. The van der Waals surface area contributed by atoms with E-state index in [-0.39, 0.29) is 11.3 Å². The summed E-state index contributed by atoms with van der Waals surface area (Å²) in [5.74, 6) is 1.64. The quantitative estimate of drug-likeness (QED) is 0.923. The minimum atomic E-state index is -0.696. The van der Waals surface area contributed by atoms with Crippen molar-refractivity contribution in [3.63, 3.8) is 0 Å². The molecular formula is C17H25NOS. The second kappa shape index (κ2) is 6.40. The van der Waals surface area contributed by atoms with E-state index in [0.717, 1.165) is 18.6 Å². The molecule has 2 nitrogen and oxygen atoms in total. The molecule has 0 bridgehead atoms. The first-order valence-corrected chi connectivity index (χ1v) is 9.30. The zero-order valence-electron chi connectivity index (χ0n) is 12.3. The minimum Gasteiger partial charge on any atom is -0.312 e.